The van der Waals surface area contributed by atoms with Crippen LogP contribution in [-0.2, 0) is 9.53 Å². The van der Waals surface area contributed by atoms with Crippen LogP contribution in [0.1, 0.15) is 23.6 Å². The van der Waals surface area contributed by atoms with E-state index in [0.717, 1.165) is 35.7 Å². The van der Waals surface area contributed by atoms with Crippen LogP contribution in [0.4, 0.5) is 0 Å². The van der Waals surface area contributed by atoms with Crippen molar-refractivity contribution in [3.63, 3.8) is 0 Å². The van der Waals surface area contributed by atoms with Crippen LogP contribution in [0.15, 0.2) is 47.6 Å². The van der Waals surface area contributed by atoms with Crippen molar-refractivity contribution in [2.75, 3.05) is 54.2 Å². The van der Waals surface area contributed by atoms with Gasteiger partial charge in [-0.2, -0.15) is 5.10 Å². The van der Waals surface area contributed by atoms with E-state index in [-0.39, 0.29) is 18.5 Å². The van der Waals surface area contributed by atoms with Gasteiger partial charge in [0.25, 0.3) is 5.91 Å². The molecule has 170 valence electrons. The first-order valence-corrected chi connectivity index (χ1v) is 10.7. The SMILES string of the molecule is COc1ccc(OC)c(C2CC(c3ccccc3OC)=NN2C(=O)CN2CCOCC2)c1. The molecule has 0 saturated carbocycles. The molecule has 0 spiro atoms. The lowest BCUT2D eigenvalue weighted by atomic mass is 9.97. The Balaban J connectivity index is 1.70. The second-order valence-corrected chi connectivity index (χ2v) is 7.70. The summed E-state index contributed by atoms with van der Waals surface area (Å²) in [5, 5.41) is 6.38. The van der Waals surface area contributed by atoms with Crippen molar-refractivity contribution in [3.05, 3.63) is 53.6 Å². The average molecular weight is 440 g/mol. The number of carbonyl (C=O) groups is 1. The van der Waals surface area contributed by atoms with Crippen molar-refractivity contribution in [2.45, 2.75) is 12.5 Å². The monoisotopic (exact) mass is 439 g/mol. The number of para-hydroxylation sites is 1. The van der Waals surface area contributed by atoms with Gasteiger partial charge in [0.2, 0.25) is 0 Å². The van der Waals surface area contributed by atoms with Crippen molar-refractivity contribution < 1.29 is 23.7 Å². The Morgan fingerprint density at radius 2 is 1.78 bits per heavy atom. The third-order valence-electron chi connectivity index (χ3n) is 5.84. The molecule has 0 radical (unpaired) electrons. The van der Waals surface area contributed by atoms with Gasteiger partial charge in [0.1, 0.15) is 17.2 Å². The lowest BCUT2D eigenvalue weighted by Gasteiger charge is -2.29. The number of benzene rings is 2. The molecule has 1 fully saturated rings. The van der Waals surface area contributed by atoms with Gasteiger partial charge in [0, 0.05) is 30.6 Å². The number of methoxy groups -OCH3 is 3. The van der Waals surface area contributed by atoms with Crippen LogP contribution >= 0.6 is 0 Å². The van der Waals surface area contributed by atoms with Crippen LogP contribution in [0.2, 0.25) is 0 Å². The minimum atomic E-state index is -0.312. The van der Waals surface area contributed by atoms with Gasteiger partial charge < -0.3 is 18.9 Å². The number of amides is 1. The highest BCUT2D eigenvalue weighted by molar-refractivity contribution is 6.05. The van der Waals surface area contributed by atoms with E-state index < -0.39 is 0 Å². The number of carbonyl (C=O) groups excluding carboxylic acids is 1. The van der Waals surface area contributed by atoms with Crippen molar-refractivity contribution in [1.82, 2.24) is 9.91 Å². The highest BCUT2D eigenvalue weighted by Gasteiger charge is 2.36. The molecule has 8 nitrogen and oxygen atoms in total. The van der Waals surface area contributed by atoms with Crippen LogP contribution in [-0.4, -0.2) is 75.7 Å². The molecule has 2 aromatic rings. The summed E-state index contributed by atoms with van der Waals surface area (Å²) in [4.78, 5) is 15.5. The second-order valence-electron chi connectivity index (χ2n) is 7.70. The van der Waals surface area contributed by atoms with E-state index in [4.69, 9.17) is 24.0 Å². The van der Waals surface area contributed by atoms with Gasteiger partial charge in [-0.05, 0) is 30.3 Å². The predicted octanol–water partition coefficient (Wildman–Crippen LogP) is 2.72. The Morgan fingerprint density at radius 1 is 1.03 bits per heavy atom. The van der Waals surface area contributed by atoms with E-state index in [2.05, 4.69) is 4.90 Å². The number of ether oxygens (including phenoxy) is 4. The van der Waals surface area contributed by atoms with Crippen molar-refractivity contribution in [3.8, 4) is 17.2 Å². The first-order chi connectivity index (χ1) is 15.6. The number of nitrogens with zero attached hydrogens (tertiary/aromatic N) is 3. The van der Waals surface area contributed by atoms with Gasteiger partial charge in [-0.25, -0.2) is 5.01 Å². The largest absolute Gasteiger partial charge is 0.497 e. The third kappa shape index (κ3) is 4.56. The maximum atomic E-state index is 13.4. The van der Waals surface area contributed by atoms with E-state index in [0.29, 0.717) is 31.1 Å². The van der Waals surface area contributed by atoms with Gasteiger partial charge in [0.15, 0.2) is 0 Å². The average Bonchev–Trinajstić information content (AvgIpc) is 3.29. The van der Waals surface area contributed by atoms with Crippen molar-refractivity contribution in [1.29, 1.82) is 0 Å². The fraction of sp³-hybridized carbons (Fsp3) is 0.417. The molecular formula is C24H29N3O5. The summed E-state index contributed by atoms with van der Waals surface area (Å²) in [6.07, 6.45) is 0.540. The first-order valence-electron chi connectivity index (χ1n) is 10.7. The van der Waals surface area contributed by atoms with Crippen LogP contribution in [0.3, 0.4) is 0 Å². The lowest BCUT2D eigenvalue weighted by Crippen LogP contribution is -2.43. The molecule has 1 amide bonds. The molecule has 1 atom stereocenters. The summed E-state index contributed by atoms with van der Waals surface area (Å²) in [6.45, 7) is 3.02. The van der Waals surface area contributed by atoms with Crippen LogP contribution < -0.4 is 14.2 Å². The van der Waals surface area contributed by atoms with Gasteiger partial charge in [-0.3, -0.25) is 9.69 Å². The second kappa shape index (κ2) is 10.0. The summed E-state index contributed by atoms with van der Waals surface area (Å²) in [5.41, 5.74) is 2.53. The molecule has 0 bridgehead atoms. The minimum absolute atomic E-state index is 0.0633. The maximum absolute atomic E-state index is 13.4. The summed E-state index contributed by atoms with van der Waals surface area (Å²) in [7, 11) is 4.89. The van der Waals surface area contributed by atoms with Crippen LogP contribution in [0.25, 0.3) is 0 Å². The van der Waals surface area contributed by atoms with E-state index in [1.807, 2.05) is 42.5 Å². The molecule has 1 unspecified atom stereocenters. The fourth-order valence-corrected chi connectivity index (χ4v) is 4.15. The topological polar surface area (TPSA) is 72.8 Å². The Labute approximate surface area is 188 Å². The normalized spacial score (nSPS) is 18.9. The Kier molecular flexibility index (Phi) is 6.92. The number of hydrazone groups is 1. The highest BCUT2D eigenvalue weighted by Crippen LogP contribution is 2.40. The van der Waals surface area contributed by atoms with Crippen LogP contribution in [0, 0.1) is 0 Å². The number of hydrogen-bond donors (Lipinski definition) is 0. The molecule has 8 heteroatoms. The van der Waals surface area contributed by atoms with E-state index in [9.17, 15) is 4.79 Å². The molecular weight excluding hydrogens is 410 g/mol. The van der Waals surface area contributed by atoms with Crippen molar-refractivity contribution in [2.24, 2.45) is 5.10 Å². The predicted molar refractivity (Wildman–Crippen MR) is 121 cm³/mol. The van der Waals surface area contributed by atoms with Gasteiger partial charge in [0.05, 0.1) is 52.8 Å². The Hall–Kier alpha value is -3.10. The standard InChI is InChI=1S/C24H29N3O5/c1-29-17-8-9-23(31-3)19(14-17)21-15-20(18-6-4-5-7-22(18)30-2)25-27(21)24(28)16-26-10-12-32-13-11-26/h4-9,14,21H,10-13,15-16H2,1-3H3. The summed E-state index contributed by atoms with van der Waals surface area (Å²) in [6, 6.07) is 13.0. The number of rotatable bonds is 7. The Morgan fingerprint density at radius 3 is 2.50 bits per heavy atom. The van der Waals surface area contributed by atoms with Gasteiger partial charge in [-0.15, -0.1) is 0 Å². The zero-order chi connectivity index (χ0) is 22.5. The molecule has 2 heterocycles. The van der Waals surface area contributed by atoms with Gasteiger partial charge in [-0.1, -0.05) is 12.1 Å². The summed E-state index contributed by atoms with van der Waals surface area (Å²) < 4.78 is 22.0. The highest BCUT2D eigenvalue weighted by atomic mass is 16.5. The molecule has 32 heavy (non-hydrogen) atoms. The maximum Gasteiger partial charge on any atom is 0.257 e. The molecule has 2 aliphatic rings. The lowest BCUT2D eigenvalue weighted by molar-refractivity contribution is -0.135. The van der Waals surface area contributed by atoms with E-state index in [1.165, 1.54) is 0 Å². The molecule has 0 N–H and O–H groups in total. The Bertz CT molecular complexity index is 987. The number of hydrogen-bond acceptors (Lipinski definition) is 7. The number of morpholine rings is 1. The first kappa shape index (κ1) is 22.1. The molecule has 4 rings (SSSR count). The van der Waals surface area contributed by atoms with Gasteiger partial charge >= 0.3 is 0 Å². The molecule has 0 aliphatic carbocycles. The molecule has 2 aliphatic heterocycles. The fourth-order valence-electron chi connectivity index (χ4n) is 4.15. The zero-order valence-corrected chi connectivity index (χ0v) is 18.7. The van der Waals surface area contributed by atoms with Crippen molar-refractivity contribution >= 4 is 11.6 Å². The third-order valence-corrected chi connectivity index (χ3v) is 5.84. The van der Waals surface area contributed by atoms with E-state index in [1.54, 1.807) is 26.3 Å². The summed E-state index contributed by atoms with van der Waals surface area (Å²) in [5.74, 6) is 2.06. The summed E-state index contributed by atoms with van der Waals surface area (Å²) >= 11 is 0. The van der Waals surface area contributed by atoms with E-state index >= 15 is 0 Å². The van der Waals surface area contributed by atoms with Crippen LogP contribution in [0.5, 0.6) is 17.2 Å². The molecule has 0 aromatic heterocycles. The minimum Gasteiger partial charge on any atom is -0.497 e. The zero-order valence-electron chi connectivity index (χ0n) is 18.7. The molecule has 2 aromatic carbocycles. The quantitative estimate of drug-likeness (QED) is 0.661. The molecule has 1 saturated heterocycles. The smallest absolute Gasteiger partial charge is 0.257 e.